The summed E-state index contributed by atoms with van der Waals surface area (Å²) >= 11 is 5.08. The van der Waals surface area contributed by atoms with Crippen LogP contribution >= 0.6 is 27.7 Å². The number of thioether (sulfide) groups is 1. The summed E-state index contributed by atoms with van der Waals surface area (Å²) in [5.41, 5.74) is 0.587. The quantitative estimate of drug-likeness (QED) is 0.823. The predicted octanol–water partition coefficient (Wildman–Crippen LogP) is 1.82. The van der Waals surface area contributed by atoms with Crippen LogP contribution in [0.15, 0.2) is 15.5 Å². The van der Waals surface area contributed by atoms with Gasteiger partial charge in [-0.15, -0.1) is 0 Å². The Bertz CT molecular complexity index is 439. The molecular weight excluding hydrogens is 318 g/mol. The number of rotatable bonds is 7. The number of nitrogens with one attached hydrogen (secondary N) is 1. The van der Waals surface area contributed by atoms with Crippen molar-refractivity contribution < 1.29 is 4.74 Å². The van der Waals surface area contributed by atoms with Crippen molar-refractivity contribution in [2.24, 2.45) is 0 Å². The summed E-state index contributed by atoms with van der Waals surface area (Å²) in [5.74, 6) is 0. The highest BCUT2D eigenvalue weighted by atomic mass is 79.9. The molecule has 0 bridgehead atoms. The van der Waals surface area contributed by atoms with Crippen LogP contribution in [0.4, 0.5) is 5.69 Å². The van der Waals surface area contributed by atoms with Gasteiger partial charge in [0.2, 0.25) is 0 Å². The van der Waals surface area contributed by atoms with E-state index in [9.17, 15) is 4.79 Å². The van der Waals surface area contributed by atoms with E-state index in [2.05, 4.69) is 39.5 Å². The molecule has 102 valence electrons. The van der Waals surface area contributed by atoms with Gasteiger partial charge in [0.05, 0.1) is 25.0 Å². The highest BCUT2D eigenvalue weighted by Gasteiger charge is 2.09. The normalized spacial score (nSPS) is 12.4. The summed E-state index contributed by atoms with van der Waals surface area (Å²) in [6.07, 6.45) is 3.72. The fourth-order valence-corrected chi connectivity index (χ4v) is 1.96. The summed E-state index contributed by atoms with van der Waals surface area (Å²) in [5, 5.41) is 7.80. The summed E-state index contributed by atoms with van der Waals surface area (Å²) in [6.45, 7) is 3.84. The second-order valence-corrected chi connectivity index (χ2v) is 5.89. The molecule has 1 atom stereocenters. The summed E-state index contributed by atoms with van der Waals surface area (Å²) in [4.78, 5) is 12.0. The van der Waals surface area contributed by atoms with Crippen molar-refractivity contribution in [3.8, 4) is 0 Å². The Labute approximate surface area is 119 Å². The van der Waals surface area contributed by atoms with Gasteiger partial charge in [-0.05, 0) is 22.2 Å². The molecule has 1 aromatic rings. The van der Waals surface area contributed by atoms with Crippen LogP contribution in [-0.4, -0.2) is 41.5 Å². The van der Waals surface area contributed by atoms with E-state index in [0.717, 1.165) is 12.2 Å². The van der Waals surface area contributed by atoms with Gasteiger partial charge in [0.25, 0.3) is 5.56 Å². The van der Waals surface area contributed by atoms with Crippen molar-refractivity contribution in [2.75, 3.05) is 31.8 Å². The fourth-order valence-electron chi connectivity index (χ4n) is 1.26. The average molecular weight is 336 g/mol. The Morgan fingerprint density at radius 1 is 1.67 bits per heavy atom. The maximum Gasteiger partial charge on any atom is 0.283 e. The number of ether oxygens (including phenoxy) is 1. The van der Waals surface area contributed by atoms with Crippen molar-refractivity contribution in [2.45, 2.75) is 18.7 Å². The first-order valence-corrected chi connectivity index (χ1v) is 7.69. The Kier molecular flexibility index (Phi) is 6.73. The molecule has 0 radical (unpaired) electrons. The van der Waals surface area contributed by atoms with Crippen LogP contribution in [0.3, 0.4) is 0 Å². The molecule has 0 fully saturated rings. The van der Waals surface area contributed by atoms with Crippen molar-refractivity contribution in [1.82, 2.24) is 9.78 Å². The third kappa shape index (κ3) is 4.29. The number of hydrogen-bond acceptors (Lipinski definition) is 5. The van der Waals surface area contributed by atoms with Gasteiger partial charge in [-0.2, -0.15) is 16.9 Å². The maximum atomic E-state index is 12.0. The van der Waals surface area contributed by atoms with Crippen LogP contribution in [0, 0.1) is 0 Å². The van der Waals surface area contributed by atoms with Crippen LogP contribution < -0.4 is 10.9 Å². The first-order valence-electron chi connectivity index (χ1n) is 5.61. The minimum atomic E-state index is -0.145. The van der Waals surface area contributed by atoms with Gasteiger partial charge >= 0.3 is 0 Å². The molecule has 0 amide bonds. The van der Waals surface area contributed by atoms with Gasteiger partial charge in [-0.3, -0.25) is 4.79 Å². The van der Waals surface area contributed by atoms with E-state index in [-0.39, 0.29) is 5.56 Å². The maximum absolute atomic E-state index is 12.0. The van der Waals surface area contributed by atoms with Crippen LogP contribution in [0.5, 0.6) is 0 Å². The van der Waals surface area contributed by atoms with Crippen LogP contribution in [0.25, 0.3) is 0 Å². The smallest absolute Gasteiger partial charge is 0.283 e. The molecule has 18 heavy (non-hydrogen) atoms. The minimum absolute atomic E-state index is 0.145. The zero-order valence-electron chi connectivity index (χ0n) is 10.8. The molecule has 0 saturated heterocycles. The first kappa shape index (κ1) is 15.5. The average Bonchev–Trinajstić information content (AvgIpc) is 2.39. The number of methoxy groups -OCH3 is 1. The van der Waals surface area contributed by atoms with E-state index in [1.54, 1.807) is 25.1 Å². The van der Waals surface area contributed by atoms with Gasteiger partial charge in [0.15, 0.2) is 0 Å². The molecule has 0 aromatic carbocycles. The molecule has 1 rings (SSSR count). The van der Waals surface area contributed by atoms with E-state index in [1.165, 1.54) is 4.68 Å². The van der Waals surface area contributed by atoms with Gasteiger partial charge in [0.1, 0.15) is 4.47 Å². The Hall–Kier alpha value is -0.530. The Morgan fingerprint density at radius 3 is 3.00 bits per heavy atom. The van der Waals surface area contributed by atoms with E-state index in [0.29, 0.717) is 22.9 Å². The van der Waals surface area contributed by atoms with Crippen molar-refractivity contribution in [3.05, 3.63) is 21.0 Å². The summed E-state index contributed by atoms with van der Waals surface area (Å²) < 4.78 is 6.83. The van der Waals surface area contributed by atoms with Gasteiger partial charge < -0.3 is 10.1 Å². The lowest BCUT2D eigenvalue weighted by Crippen LogP contribution is -2.26. The zero-order valence-corrected chi connectivity index (χ0v) is 13.2. The molecule has 1 aromatic heterocycles. The monoisotopic (exact) mass is 335 g/mol. The first-order chi connectivity index (χ1) is 8.60. The predicted molar refractivity (Wildman–Crippen MR) is 79.5 cm³/mol. The topological polar surface area (TPSA) is 56.1 Å². The Morgan fingerprint density at radius 2 is 2.39 bits per heavy atom. The second-order valence-electron chi connectivity index (χ2n) is 3.82. The summed E-state index contributed by atoms with van der Waals surface area (Å²) in [7, 11) is 1.60. The zero-order chi connectivity index (χ0) is 13.5. The van der Waals surface area contributed by atoms with E-state index < -0.39 is 0 Å². The van der Waals surface area contributed by atoms with Gasteiger partial charge in [-0.25, -0.2) is 4.68 Å². The standard InChI is InChI=1S/C11H18BrN3O2S/c1-8(18-3)6-13-9-7-14-15(4-5-17-2)11(16)10(9)12/h7-8,13H,4-6H2,1-3H3. The lowest BCUT2D eigenvalue weighted by molar-refractivity contribution is 0.181. The van der Waals surface area contributed by atoms with E-state index in [4.69, 9.17) is 4.74 Å². The van der Waals surface area contributed by atoms with Crippen LogP contribution in [-0.2, 0) is 11.3 Å². The minimum Gasteiger partial charge on any atom is -0.383 e. The van der Waals surface area contributed by atoms with Crippen LogP contribution in [0.2, 0.25) is 0 Å². The molecule has 1 unspecified atom stereocenters. The largest absolute Gasteiger partial charge is 0.383 e. The van der Waals surface area contributed by atoms with E-state index >= 15 is 0 Å². The number of nitrogens with zero attached hydrogens (tertiary/aromatic N) is 2. The lowest BCUT2D eigenvalue weighted by atomic mass is 10.4. The fraction of sp³-hybridized carbons (Fsp3) is 0.636. The molecule has 0 spiro atoms. The van der Waals surface area contributed by atoms with E-state index in [1.807, 2.05) is 0 Å². The molecule has 7 heteroatoms. The third-order valence-electron chi connectivity index (χ3n) is 2.47. The lowest BCUT2D eigenvalue weighted by Gasteiger charge is -2.13. The highest BCUT2D eigenvalue weighted by molar-refractivity contribution is 9.10. The second kappa shape index (κ2) is 7.81. The number of anilines is 1. The molecule has 1 heterocycles. The number of aromatic nitrogens is 2. The van der Waals surface area contributed by atoms with Crippen LogP contribution in [0.1, 0.15) is 6.92 Å². The Balaban J connectivity index is 2.77. The SMILES string of the molecule is COCCn1ncc(NCC(C)SC)c(Br)c1=O. The molecule has 0 aliphatic rings. The van der Waals surface area contributed by atoms with Crippen molar-refractivity contribution >= 4 is 33.4 Å². The molecule has 0 aliphatic heterocycles. The van der Waals surface area contributed by atoms with Crippen molar-refractivity contribution in [3.63, 3.8) is 0 Å². The molecule has 5 nitrogen and oxygen atoms in total. The summed E-state index contributed by atoms with van der Waals surface area (Å²) in [6, 6.07) is 0. The molecule has 1 N–H and O–H groups in total. The molecular formula is C11H18BrN3O2S. The van der Waals surface area contributed by atoms with Crippen molar-refractivity contribution in [1.29, 1.82) is 0 Å². The van der Waals surface area contributed by atoms with Gasteiger partial charge in [0, 0.05) is 18.9 Å². The van der Waals surface area contributed by atoms with Gasteiger partial charge in [-0.1, -0.05) is 6.92 Å². The molecule has 0 saturated carbocycles. The number of hydrogen-bond donors (Lipinski definition) is 1. The number of halogens is 1. The molecule has 0 aliphatic carbocycles. The third-order valence-corrected chi connectivity index (χ3v) is 4.21. The highest BCUT2D eigenvalue weighted by Crippen LogP contribution is 2.17.